The van der Waals surface area contributed by atoms with Gasteiger partial charge < -0.3 is 4.90 Å². The lowest BCUT2D eigenvalue weighted by Gasteiger charge is -2.38. The number of hydrogen-bond donors (Lipinski definition) is 0. The van der Waals surface area contributed by atoms with Crippen molar-refractivity contribution >= 4 is 5.91 Å². The topological polar surface area (TPSA) is 20.3 Å². The molecule has 0 radical (unpaired) electrons. The highest BCUT2D eigenvalue weighted by molar-refractivity contribution is 5.78. The van der Waals surface area contributed by atoms with Crippen molar-refractivity contribution < 1.29 is 4.79 Å². The van der Waals surface area contributed by atoms with Gasteiger partial charge in [0.1, 0.15) is 0 Å². The Morgan fingerprint density at radius 1 is 0.926 bits per heavy atom. The van der Waals surface area contributed by atoms with E-state index in [0.29, 0.717) is 6.42 Å². The maximum absolute atomic E-state index is 13.2. The molecule has 0 bridgehead atoms. The lowest BCUT2D eigenvalue weighted by atomic mass is 9.87. The Kier molecular flexibility index (Phi) is 5.06. The third kappa shape index (κ3) is 3.80. The van der Waals surface area contributed by atoms with Gasteiger partial charge in [0, 0.05) is 13.0 Å². The summed E-state index contributed by atoms with van der Waals surface area (Å²) in [5, 5.41) is 0. The van der Waals surface area contributed by atoms with Gasteiger partial charge in [0.2, 0.25) is 5.91 Å². The Bertz CT molecular complexity index is 915. The molecule has 0 saturated carbocycles. The molecule has 1 atom stereocenters. The van der Waals surface area contributed by atoms with Gasteiger partial charge in [0.05, 0.1) is 6.04 Å². The average molecular weight is 355 g/mol. The predicted octanol–water partition coefficient (Wildman–Crippen LogP) is 5.10. The van der Waals surface area contributed by atoms with Crippen LogP contribution in [0.5, 0.6) is 0 Å². The molecule has 1 amide bonds. The zero-order valence-electron chi connectivity index (χ0n) is 15.8. The molecule has 0 fully saturated rings. The molecule has 1 aliphatic heterocycles. The lowest BCUT2D eigenvalue weighted by molar-refractivity contribution is -0.133. The van der Waals surface area contributed by atoms with Gasteiger partial charge >= 0.3 is 0 Å². The van der Waals surface area contributed by atoms with E-state index in [4.69, 9.17) is 0 Å². The number of carbonyl (C=O) groups excluding carboxylic acids is 1. The van der Waals surface area contributed by atoms with Crippen molar-refractivity contribution in [1.29, 1.82) is 0 Å². The van der Waals surface area contributed by atoms with Crippen LogP contribution in [0, 0.1) is 6.92 Å². The molecule has 1 aliphatic rings. The molecule has 0 N–H and O–H groups in total. The largest absolute Gasteiger partial charge is 0.331 e. The number of rotatable bonds is 4. The second-order valence-corrected chi connectivity index (χ2v) is 7.33. The van der Waals surface area contributed by atoms with Crippen LogP contribution in [0.1, 0.15) is 40.3 Å². The van der Waals surface area contributed by atoms with Crippen LogP contribution in [0.15, 0.2) is 78.9 Å². The summed E-state index contributed by atoms with van der Waals surface area (Å²) in [5.41, 5.74) is 6.27. The van der Waals surface area contributed by atoms with Crippen LogP contribution in [-0.2, 0) is 17.6 Å². The summed E-state index contributed by atoms with van der Waals surface area (Å²) in [6, 6.07) is 27.4. The normalized spacial score (nSPS) is 16.0. The van der Waals surface area contributed by atoms with Crippen LogP contribution in [0.25, 0.3) is 0 Å². The highest BCUT2D eigenvalue weighted by Gasteiger charge is 2.31. The summed E-state index contributed by atoms with van der Waals surface area (Å²) in [4.78, 5) is 15.2. The van der Waals surface area contributed by atoms with Gasteiger partial charge in [0.25, 0.3) is 0 Å². The highest BCUT2D eigenvalue weighted by atomic mass is 16.2. The number of amides is 1. The van der Waals surface area contributed by atoms with Crippen molar-refractivity contribution in [3.8, 4) is 0 Å². The predicted molar refractivity (Wildman–Crippen MR) is 110 cm³/mol. The minimum Gasteiger partial charge on any atom is -0.331 e. The quantitative estimate of drug-likeness (QED) is 0.637. The van der Waals surface area contributed by atoms with E-state index in [2.05, 4.69) is 72.5 Å². The summed E-state index contributed by atoms with van der Waals surface area (Å²) in [6.07, 6.45) is 2.27. The standard InChI is InChI=1S/C25H25NO/c1-19-11-14-22(15-12-19)25-23-10-6-5-9-21(23)17-18-26(25)24(27)16-13-20-7-3-2-4-8-20/h2-12,14-15,25H,13,16-18H2,1H3. The number of benzene rings is 3. The van der Waals surface area contributed by atoms with Crippen molar-refractivity contribution in [3.05, 3.63) is 107 Å². The first kappa shape index (κ1) is 17.5. The summed E-state index contributed by atoms with van der Waals surface area (Å²) in [7, 11) is 0. The molecular formula is C25H25NO. The molecule has 1 heterocycles. The molecular weight excluding hydrogens is 330 g/mol. The second kappa shape index (κ2) is 7.79. The van der Waals surface area contributed by atoms with Crippen molar-refractivity contribution in [2.24, 2.45) is 0 Å². The summed E-state index contributed by atoms with van der Waals surface area (Å²) >= 11 is 0. The maximum Gasteiger partial charge on any atom is 0.223 e. The van der Waals surface area contributed by atoms with Crippen LogP contribution in [0.3, 0.4) is 0 Å². The zero-order chi connectivity index (χ0) is 18.6. The van der Waals surface area contributed by atoms with E-state index in [0.717, 1.165) is 19.4 Å². The van der Waals surface area contributed by atoms with Gasteiger partial charge in [-0.05, 0) is 42.0 Å². The van der Waals surface area contributed by atoms with Crippen molar-refractivity contribution in [3.63, 3.8) is 0 Å². The molecule has 2 heteroatoms. The third-order valence-electron chi connectivity index (χ3n) is 5.47. The van der Waals surface area contributed by atoms with Crippen molar-refractivity contribution in [2.45, 2.75) is 32.2 Å². The van der Waals surface area contributed by atoms with Crippen LogP contribution in [-0.4, -0.2) is 17.4 Å². The molecule has 27 heavy (non-hydrogen) atoms. The number of carbonyl (C=O) groups is 1. The third-order valence-corrected chi connectivity index (χ3v) is 5.47. The van der Waals surface area contributed by atoms with Gasteiger partial charge in [-0.2, -0.15) is 0 Å². The fourth-order valence-corrected chi connectivity index (χ4v) is 3.98. The van der Waals surface area contributed by atoms with Gasteiger partial charge in [-0.1, -0.05) is 84.4 Å². The minimum atomic E-state index is 0.0128. The first-order valence-electron chi connectivity index (χ1n) is 9.70. The molecule has 3 aromatic rings. The van der Waals surface area contributed by atoms with Crippen LogP contribution < -0.4 is 0 Å². The smallest absolute Gasteiger partial charge is 0.223 e. The number of hydrogen-bond acceptors (Lipinski definition) is 1. The second-order valence-electron chi connectivity index (χ2n) is 7.33. The molecule has 1 unspecified atom stereocenters. The fraction of sp³-hybridized carbons (Fsp3) is 0.240. The SMILES string of the molecule is Cc1ccc(C2c3ccccc3CCN2C(=O)CCc2ccccc2)cc1. The maximum atomic E-state index is 13.2. The van der Waals surface area contributed by atoms with E-state index in [1.54, 1.807) is 0 Å². The van der Waals surface area contributed by atoms with E-state index in [9.17, 15) is 4.79 Å². The monoisotopic (exact) mass is 355 g/mol. The minimum absolute atomic E-state index is 0.0128. The van der Waals surface area contributed by atoms with E-state index in [1.807, 2.05) is 18.2 Å². The van der Waals surface area contributed by atoms with Crippen molar-refractivity contribution in [1.82, 2.24) is 4.90 Å². The molecule has 0 aromatic heterocycles. The molecule has 0 spiro atoms. The van der Waals surface area contributed by atoms with Gasteiger partial charge in [-0.3, -0.25) is 4.79 Å². The van der Waals surface area contributed by atoms with E-state index in [1.165, 1.54) is 27.8 Å². The molecule has 4 rings (SSSR count). The molecule has 136 valence electrons. The molecule has 2 nitrogen and oxygen atoms in total. The van der Waals surface area contributed by atoms with Crippen LogP contribution in [0.4, 0.5) is 0 Å². The summed E-state index contributed by atoms with van der Waals surface area (Å²) < 4.78 is 0. The van der Waals surface area contributed by atoms with Crippen LogP contribution >= 0.6 is 0 Å². The number of nitrogens with zero attached hydrogens (tertiary/aromatic N) is 1. The summed E-state index contributed by atoms with van der Waals surface area (Å²) in [6.45, 7) is 2.88. The number of aryl methyl sites for hydroxylation is 2. The zero-order valence-corrected chi connectivity index (χ0v) is 15.8. The Morgan fingerprint density at radius 2 is 1.63 bits per heavy atom. The average Bonchev–Trinajstić information content (AvgIpc) is 2.72. The summed E-state index contributed by atoms with van der Waals surface area (Å²) in [5.74, 6) is 0.235. The van der Waals surface area contributed by atoms with E-state index >= 15 is 0 Å². The molecule has 3 aromatic carbocycles. The Hall–Kier alpha value is -2.87. The Morgan fingerprint density at radius 3 is 2.41 bits per heavy atom. The van der Waals surface area contributed by atoms with Gasteiger partial charge in [-0.15, -0.1) is 0 Å². The van der Waals surface area contributed by atoms with Crippen LogP contribution in [0.2, 0.25) is 0 Å². The van der Waals surface area contributed by atoms with Crippen molar-refractivity contribution in [2.75, 3.05) is 6.54 Å². The van der Waals surface area contributed by atoms with E-state index < -0.39 is 0 Å². The molecule has 0 saturated heterocycles. The first-order valence-corrected chi connectivity index (χ1v) is 9.70. The fourth-order valence-electron chi connectivity index (χ4n) is 3.98. The molecule has 0 aliphatic carbocycles. The van der Waals surface area contributed by atoms with E-state index in [-0.39, 0.29) is 11.9 Å². The van der Waals surface area contributed by atoms with Gasteiger partial charge in [0.15, 0.2) is 0 Å². The number of fused-ring (bicyclic) bond motifs is 1. The lowest BCUT2D eigenvalue weighted by Crippen LogP contribution is -2.40. The Balaban J connectivity index is 1.62. The first-order chi connectivity index (χ1) is 13.2. The Labute approximate surface area is 161 Å². The highest BCUT2D eigenvalue weighted by Crippen LogP contribution is 2.35. The van der Waals surface area contributed by atoms with Gasteiger partial charge in [-0.25, -0.2) is 0 Å².